The van der Waals surface area contributed by atoms with E-state index in [9.17, 15) is 9.59 Å². The Hall–Kier alpha value is -0.310. The number of Topliss-reactive ketones (excluding diaryl/α,β-unsaturated/α-hetero) is 2. The lowest BCUT2D eigenvalue weighted by molar-refractivity contribution is -0.121. The maximum atomic E-state index is 10.5. The lowest BCUT2D eigenvalue weighted by atomic mass is 10.2. The first-order chi connectivity index (χ1) is 4.04. The molecule has 0 amide bonds. The van der Waals surface area contributed by atoms with E-state index in [0.29, 0.717) is 0 Å². The molecule has 0 aliphatic carbocycles. The first-order valence-corrected chi connectivity index (χ1v) is 3.23. The maximum Gasteiger partial charge on any atom is 0.142 e. The van der Waals surface area contributed by atoms with Crippen LogP contribution in [0.25, 0.3) is 0 Å². The zero-order valence-electron chi connectivity index (χ0n) is 5.55. The summed E-state index contributed by atoms with van der Waals surface area (Å²) >= 11 is 3.89. The summed E-state index contributed by atoms with van der Waals surface area (Å²) in [6, 6.07) is 0. The Morgan fingerprint density at radius 2 is 1.89 bits per heavy atom. The fourth-order valence-corrected chi connectivity index (χ4v) is 0.673. The van der Waals surface area contributed by atoms with Crippen molar-refractivity contribution >= 4 is 24.2 Å². The zero-order valence-corrected chi connectivity index (χ0v) is 6.44. The molecular weight excluding hydrogens is 136 g/mol. The molecule has 52 valence electrons. The van der Waals surface area contributed by atoms with E-state index in [4.69, 9.17) is 0 Å². The Labute approximate surface area is 60.0 Å². The molecule has 0 N–H and O–H groups in total. The summed E-state index contributed by atoms with van der Waals surface area (Å²) in [6.45, 7) is 2.88. The third kappa shape index (κ3) is 4.21. The van der Waals surface area contributed by atoms with E-state index in [1.165, 1.54) is 13.8 Å². The van der Waals surface area contributed by atoms with Crippen molar-refractivity contribution in [3.05, 3.63) is 0 Å². The molecule has 0 aliphatic heterocycles. The van der Waals surface area contributed by atoms with Gasteiger partial charge in [-0.1, -0.05) is 0 Å². The first kappa shape index (κ1) is 8.69. The van der Waals surface area contributed by atoms with Gasteiger partial charge in [-0.3, -0.25) is 9.59 Å². The van der Waals surface area contributed by atoms with Crippen LogP contribution in [0.1, 0.15) is 20.3 Å². The van der Waals surface area contributed by atoms with E-state index in [2.05, 4.69) is 12.6 Å². The summed E-state index contributed by atoms with van der Waals surface area (Å²) in [5.41, 5.74) is 0. The Morgan fingerprint density at radius 1 is 1.44 bits per heavy atom. The second-order valence-electron chi connectivity index (χ2n) is 2.03. The molecular formula is C6H10O2S. The van der Waals surface area contributed by atoms with Gasteiger partial charge in [0, 0.05) is 6.42 Å². The lowest BCUT2D eigenvalue weighted by Gasteiger charge is -2.00. The van der Waals surface area contributed by atoms with Crippen LogP contribution >= 0.6 is 12.6 Å². The van der Waals surface area contributed by atoms with Gasteiger partial charge in [-0.05, 0) is 13.8 Å². The second kappa shape index (κ2) is 3.67. The number of ketones is 2. The molecule has 0 fully saturated rings. The van der Waals surface area contributed by atoms with Gasteiger partial charge in [-0.15, -0.1) is 0 Å². The zero-order chi connectivity index (χ0) is 7.44. The minimum Gasteiger partial charge on any atom is -0.300 e. The molecule has 0 saturated carbocycles. The van der Waals surface area contributed by atoms with Gasteiger partial charge in [0.2, 0.25) is 0 Å². The molecule has 0 bridgehead atoms. The van der Waals surface area contributed by atoms with Crippen molar-refractivity contribution in [2.24, 2.45) is 0 Å². The van der Waals surface area contributed by atoms with E-state index < -0.39 is 5.25 Å². The monoisotopic (exact) mass is 146 g/mol. The van der Waals surface area contributed by atoms with Crippen molar-refractivity contribution in [2.75, 3.05) is 0 Å². The highest BCUT2D eigenvalue weighted by Gasteiger charge is 2.09. The van der Waals surface area contributed by atoms with Crippen LogP contribution in [-0.4, -0.2) is 16.8 Å². The third-order valence-electron chi connectivity index (χ3n) is 0.950. The van der Waals surface area contributed by atoms with Gasteiger partial charge in [0.1, 0.15) is 11.6 Å². The smallest absolute Gasteiger partial charge is 0.142 e. The number of rotatable bonds is 3. The van der Waals surface area contributed by atoms with Gasteiger partial charge in [-0.25, -0.2) is 0 Å². The first-order valence-electron chi connectivity index (χ1n) is 2.72. The molecule has 0 aromatic carbocycles. The van der Waals surface area contributed by atoms with Gasteiger partial charge in [0.15, 0.2) is 0 Å². The number of thiol groups is 1. The lowest BCUT2D eigenvalue weighted by Crippen LogP contribution is -2.13. The molecule has 1 unspecified atom stereocenters. The van der Waals surface area contributed by atoms with Gasteiger partial charge < -0.3 is 0 Å². The molecule has 9 heavy (non-hydrogen) atoms. The van der Waals surface area contributed by atoms with Crippen LogP contribution in [-0.2, 0) is 9.59 Å². The van der Waals surface area contributed by atoms with Crippen LogP contribution in [0.2, 0.25) is 0 Å². The van der Waals surface area contributed by atoms with Crippen molar-refractivity contribution in [1.82, 2.24) is 0 Å². The highest BCUT2D eigenvalue weighted by molar-refractivity contribution is 7.81. The Kier molecular flexibility index (Phi) is 3.54. The Bertz CT molecular complexity index is 131. The van der Waals surface area contributed by atoms with Gasteiger partial charge in [-0.2, -0.15) is 12.6 Å². The molecule has 0 heterocycles. The van der Waals surface area contributed by atoms with Crippen LogP contribution in [0.4, 0.5) is 0 Å². The molecule has 0 aliphatic rings. The maximum absolute atomic E-state index is 10.5. The molecule has 0 spiro atoms. The predicted octanol–water partition coefficient (Wildman–Crippen LogP) is 0.853. The standard InChI is InChI=1S/C6H10O2S/c1-4(7)3-6(9)5(2)8/h6,9H,3H2,1-2H3. The fraction of sp³-hybridized carbons (Fsp3) is 0.667. The number of carbonyl (C=O) groups is 2. The van der Waals surface area contributed by atoms with Crippen LogP contribution in [0.3, 0.4) is 0 Å². The van der Waals surface area contributed by atoms with Crippen molar-refractivity contribution in [1.29, 1.82) is 0 Å². The van der Waals surface area contributed by atoms with Crippen LogP contribution in [0.15, 0.2) is 0 Å². The molecule has 0 rings (SSSR count). The van der Waals surface area contributed by atoms with Gasteiger partial charge in [0.25, 0.3) is 0 Å². The summed E-state index contributed by atoms with van der Waals surface area (Å²) < 4.78 is 0. The average Bonchev–Trinajstić information content (AvgIpc) is 1.63. The molecule has 2 nitrogen and oxygen atoms in total. The highest BCUT2D eigenvalue weighted by Crippen LogP contribution is 2.02. The molecule has 0 aromatic heterocycles. The minimum atomic E-state index is -0.400. The molecule has 0 radical (unpaired) electrons. The van der Waals surface area contributed by atoms with E-state index in [1.54, 1.807) is 0 Å². The van der Waals surface area contributed by atoms with Crippen LogP contribution < -0.4 is 0 Å². The summed E-state index contributed by atoms with van der Waals surface area (Å²) in [7, 11) is 0. The second-order valence-corrected chi connectivity index (χ2v) is 2.66. The largest absolute Gasteiger partial charge is 0.300 e. The average molecular weight is 146 g/mol. The quantitative estimate of drug-likeness (QED) is 0.599. The van der Waals surface area contributed by atoms with Crippen molar-refractivity contribution in [3.8, 4) is 0 Å². The predicted molar refractivity (Wildman–Crippen MR) is 38.8 cm³/mol. The fourth-order valence-electron chi connectivity index (χ4n) is 0.416. The molecule has 0 saturated heterocycles. The molecule has 0 aromatic rings. The number of hydrogen-bond donors (Lipinski definition) is 1. The molecule has 1 atom stereocenters. The van der Waals surface area contributed by atoms with E-state index in [1.807, 2.05) is 0 Å². The summed E-state index contributed by atoms with van der Waals surface area (Å²) in [6.07, 6.45) is 0.248. The van der Waals surface area contributed by atoms with Crippen LogP contribution in [0.5, 0.6) is 0 Å². The third-order valence-corrected chi connectivity index (χ3v) is 1.50. The summed E-state index contributed by atoms with van der Waals surface area (Å²) in [5, 5.41) is -0.400. The topological polar surface area (TPSA) is 34.1 Å². The Balaban J connectivity index is 3.63. The summed E-state index contributed by atoms with van der Waals surface area (Å²) in [5.74, 6) is -0.0428. The molecule has 3 heteroatoms. The van der Waals surface area contributed by atoms with E-state index in [0.717, 1.165) is 0 Å². The van der Waals surface area contributed by atoms with Crippen LogP contribution in [0, 0.1) is 0 Å². The highest BCUT2D eigenvalue weighted by atomic mass is 32.1. The normalized spacial score (nSPS) is 12.8. The van der Waals surface area contributed by atoms with Gasteiger partial charge >= 0.3 is 0 Å². The van der Waals surface area contributed by atoms with Crippen molar-refractivity contribution in [3.63, 3.8) is 0 Å². The Morgan fingerprint density at radius 3 is 2.00 bits per heavy atom. The summed E-state index contributed by atoms with van der Waals surface area (Å²) in [4.78, 5) is 20.8. The van der Waals surface area contributed by atoms with Gasteiger partial charge in [0.05, 0.1) is 5.25 Å². The van der Waals surface area contributed by atoms with Crippen molar-refractivity contribution in [2.45, 2.75) is 25.5 Å². The SMILES string of the molecule is CC(=O)CC(S)C(C)=O. The minimum absolute atomic E-state index is 0.00481. The number of hydrogen-bond acceptors (Lipinski definition) is 3. The number of carbonyl (C=O) groups excluding carboxylic acids is 2. The van der Waals surface area contributed by atoms with E-state index >= 15 is 0 Å². The van der Waals surface area contributed by atoms with E-state index in [-0.39, 0.29) is 18.0 Å². The van der Waals surface area contributed by atoms with Crippen molar-refractivity contribution < 1.29 is 9.59 Å².